The summed E-state index contributed by atoms with van der Waals surface area (Å²) < 4.78 is 0. The third-order valence-electron chi connectivity index (χ3n) is 2.58. The van der Waals surface area contributed by atoms with Crippen molar-refractivity contribution in [1.29, 1.82) is 0 Å². The summed E-state index contributed by atoms with van der Waals surface area (Å²) >= 11 is 0. The van der Waals surface area contributed by atoms with Crippen LogP contribution in [0.15, 0.2) is 23.8 Å². The van der Waals surface area contributed by atoms with E-state index in [1.54, 1.807) is 0 Å². The van der Waals surface area contributed by atoms with Gasteiger partial charge in [-0.25, -0.2) is 0 Å². The topological polar surface area (TPSA) is 0 Å². The molecule has 0 radical (unpaired) electrons. The van der Waals surface area contributed by atoms with Crippen molar-refractivity contribution in [3.63, 3.8) is 0 Å². The van der Waals surface area contributed by atoms with Crippen LogP contribution in [0.25, 0.3) is 0 Å². The van der Waals surface area contributed by atoms with E-state index in [1.807, 2.05) is 0 Å². The molecule has 1 unspecified atom stereocenters. The largest absolute Gasteiger partial charge is 0.0847 e. The van der Waals surface area contributed by atoms with Gasteiger partial charge < -0.3 is 0 Å². The van der Waals surface area contributed by atoms with Crippen molar-refractivity contribution in [1.82, 2.24) is 0 Å². The zero-order valence-electron chi connectivity index (χ0n) is 10.5. The maximum atomic E-state index is 2.33. The Bertz CT molecular complexity index is 184. The first-order chi connectivity index (χ1) is 6.56. The molecule has 0 aliphatic heterocycles. The lowest BCUT2D eigenvalue weighted by Gasteiger charge is -2.07. The lowest BCUT2D eigenvalue weighted by atomic mass is 9.99. The molecule has 0 nitrogen and oxygen atoms in total. The van der Waals surface area contributed by atoms with Gasteiger partial charge in [-0.2, -0.15) is 0 Å². The molecule has 82 valence electrons. The molecule has 0 amide bonds. The SMILES string of the molecule is C/C=C(C)/C=C/C(C)CCCC(C)C. The predicted molar refractivity (Wildman–Crippen MR) is 66.4 cm³/mol. The smallest absolute Gasteiger partial charge is 0.0259 e. The highest BCUT2D eigenvalue weighted by Gasteiger charge is 1.98. The Hall–Kier alpha value is -0.520. The van der Waals surface area contributed by atoms with Gasteiger partial charge in [0.1, 0.15) is 0 Å². The average molecular weight is 194 g/mol. The third kappa shape index (κ3) is 8.10. The number of allylic oxidation sites excluding steroid dienone is 4. The van der Waals surface area contributed by atoms with Crippen LogP contribution in [0.4, 0.5) is 0 Å². The number of hydrogen-bond donors (Lipinski definition) is 0. The normalized spacial score (nSPS) is 15.4. The van der Waals surface area contributed by atoms with Crippen LogP contribution in [-0.2, 0) is 0 Å². The Morgan fingerprint density at radius 3 is 2.29 bits per heavy atom. The highest BCUT2D eigenvalue weighted by atomic mass is 14.0. The fourth-order valence-electron chi connectivity index (χ4n) is 1.36. The van der Waals surface area contributed by atoms with E-state index in [0.29, 0.717) is 0 Å². The van der Waals surface area contributed by atoms with Crippen LogP contribution >= 0.6 is 0 Å². The predicted octanol–water partition coefficient (Wildman–Crippen LogP) is 4.97. The van der Waals surface area contributed by atoms with Crippen LogP contribution < -0.4 is 0 Å². The molecule has 0 fully saturated rings. The molecule has 0 heterocycles. The highest BCUT2D eigenvalue weighted by Crippen LogP contribution is 2.13. The van der Waals surface area contributed by atoms with Crippen LogP contribution in [0, 0.1) is 11.8 Å². The van der Waals surface area contributed by atoms with Crippen molar-refractivity contribution in [2.75, 3.05) is 0 Å². The van der Waals surface area contributed by atoms with Gasteiger partial charge in [0.05, 0.1) is 0 Å². The zero-order valence-corrected chi connectivity index (χ0v) is 10.5. The standard InChI is InChI=1S/C14H26/c1-6-13(4)10-11-14(5)9-7-8-12(2)3/h6,10-12,14H,7-9H2,1-5H3/b11-10+,13-6+. The molecule has 0 rings (SSSR count). The first kappa shape index (κ1) is 13.5. The van der Waals surface area contributed by atoms with Crippen LogP contribution in [0.5, 0.6) is 0 Å². The molecule has 0 saturated heterocycles. The fourth-order valence-corrected chi connectivity index (χ4v) is 1.36. The van der Waals surface area contributed by atoms with E-state index in [4.69, 9.17) is 0 Å². The molecular weight excluding hydrogens is 168 g/mol. The van der Waals surface area contributed by atoms with Crippen molar-refractivity contribution in [2.24, 2.45) is 11.8 Å². The van der Waals surface area contributed by atoms with Crippen molar-refractivity contribution in [3.05, 3.63) is 23.8 Å². The van der Waals surface area contributed by atoms with Crippen molar-refractivity contribution in [2.45, 2.75) is 53.9 Å². The first-order valence-electron chi connectivity index (χ1n) is 5.87. The van der Waals surface area contributed by atoms with Gasteiger partial charge in [-0.1, -0.05) is 57.4 Å². The Morgan fingerprint density at radius 1 is 1.14 bits per heavy atom. The Labute approximate surface area is 90.1 Å². The molecule has 0 aliphatic carbocycles. The van der Waals surface area contributed by atoms with Gasteiger partial charge in [-0.3, -0.25) is 0 Å². The van der Waals surface area contributed by atoms with Gasteiger partial charge in [-0.05, 0) is 32.1 Å². The van der Waals surface area contributed by atoms with Gasteiger partial charge in [0, 0.05) is 0 Å². The Balaban J connectivity index is 3.65. The summed E-state index contributed by atoms with van der Waals surface area (Å²) in [6.45, 7) is 11.1. The second-order valence-electron chi connectivity index (χ2n) is 4.69. The molecule has 0 saturated carbocycles. The highest BCUT2D eigenvalue weighted by molar-refractivity contribution is 5.15. The summed E-state index contributed by atoms with van der Waals surface area (Å²) in [5.74, 6) is 1.58. The van der Waals surface area contributed by atoms with E-state index in [0.717, 1.165) is 11.8 Å². The molecule has 0 aromatic carbocycles. The Kier molecular flexibility index (Phi) is 7.55. The Morgan fingerprint density at radius 2 is 1.79 bits per heavy atom. The second-order valence-corrected chi connectivity index (χ2v) is 4.69. The maximum absolute atomic E-state index is 2.33. The first-order valence-corrected chi connectivity index (χ1v) is 5.87. The zero-order chi connectivity index (χ0) is 11.0. The van der Waals surface area contributed by atoms with Gasteiger partial charge in [0.15, 0.2) is 0 Å². The van der Waals surface area contributed by atoms with Crippen molar-refractivity contribution >= 4 is 0 Å². The maximum Gasteiger partial charge on any atom is -0.0259 e. The van der Waals surface area contributed by atoms with E-state index < -0.39 is 0 Å². The van der Waals surface area contributed by atoms with E-state index in [1.165, 1.54) is 24.8 Å². The summed E-state index contributed by atoms with van der Waals surface area (Å²) in [5, 5.41) is 0. The van der Waals surface area contributed by atoms with Gasteiger partial charge in [0.2, 0.25) is 0 Å². The van der Waals surface area contributed by atoms with Crippen molar-refractivity contribution in [3.8, 4) is 0 Å². The summed E-state index contributed by atoms with van der Waals surface area (Å²) in [4.78, 5) is 0. The van der Waals surface area contributed by atoms with E-state index in [-0.39, 0.29) is 0 Å². The van der Waals surface area contributed by atoms with Crippen LogP contribution in [0.2, 0.25) is 0 Å². The minimum absolute atomic E-state index is 0.726. The molecule has 1 atom stereocenters. The monoisotopic (exact) mass is 194 g/mol. The molecular formula is C14H26. The van der Waals surface area contributed by atoms with Crippen LogP contribution in [0.3, 0.4) is 0 Å². The fraction of sp³-hybridized carbons (Fsp3) is 0.714. The molecule has 0 N–H and O–H groups in total. The summed E-state index contributed by atoms with van der Waals surface area (Å²) in [6.07, 6.45) is 10.8. The minimum atomic E-state index is 0.726. The van der Waals surface area contributed by atoms with E-state index in [2.05, 4.69) is 52.8 Å². The number of rotatable bonds is 6. The van der Waals surface area contributed by atoms with Gasteiger partial charge in [-0.15, -0.1) is 0 Å². The average Bonchev–Trinajstić information content (AvgIpc) is 2.13. The summed E-state index contributed by atoms with van der Waals surface area (Å²) in [5.41, 5.74) is 1.36. The minimum Gasteiger partial charge on any atom is -0.0847 e. The molecule has 14 heavy (non-hydrogen) atoms. The molecule has 0 spiro atoms. The summed E-state index contributed by atoms with van der Waals surface area (Å²) in [6, 6.07) is 0. The van der Waals surface area contributed by atoms with E-state index in [9.17, 15) is 0 Å². The second kappa shape index (κ2) is 7.84. The van der Waals surface area contributed by atoms with E-state index >= 15 is 0 Å². The van der Waals surface area contributed by atoms with Gasteiger partial charge in [0.25, 0.3) is 0 Å². The van der Waals surface area contributed by atoms with Crippen LogP contribution in [0.1, 0.15) is 53.9 Å². The number of hydrogen-bond acceptors (Lipinski definition) is 0. The quantitative estimate of drug-likeness (QED) is 0.524. The lowest BCUT2D eigenvalue weighted by molar-refractivity contribution is 0.501. The molecule has 0 aromatic heterocycles. The molecule has 0 heteroatoms. The molecule has 0 aromatic rings. The van der Waals surface area contributed by atoms with Gasteiger partial charge >= 0.3 is 0 Å². The summed E-state index contributed by atoms with van der Waals surface area (Å²) in [7, 11) is 0. The lowest BCUT2D eigenvalue weighted by Crippen LogP contribution is -1.93. The van der Waals surface area contributed by atoms with Crippen molar-refractivity contribution < 1.29 is 0 Å². The van der Waals surface area contributed by atoms with Crippen LogP contribution in [-0.4, -0.2) is 0 Å². The molecule has 0 bridgehead atoms. The third-order valence-corrected chi connectivity index (χ3v) is 2.58. The molecule has 0 aliphatic rings.